The van der Waals surface area contributed by atoms with Crippen LogP contribution in [0.2, 0.25) is 18.1 Å². The van der Waals surface area contributed by atoms with Gasteiger partial charge in [-0.15, -0.1) is 0 Å². The van der Waals surface area contributed by atoms with Gasteiger partial charge in [-0.05, 0) is 103 Å². The maximum Gasteiger partial charge on any atom is 0.331 e. The Hall–Kier alpha value is -1.60. The molecule has 70 heavy (non-hydrogen) atoms. The second-order valence-electron chi connectivity index (χ2n) is 26.3. The first-order valence-electron chi connectivity index (χ1n) is 27.2. The number of fused-ring (bicyclic) bond motifs is 10. The van der Waals surface area contributed by atoms with Crippen molar-refractivity contribution in [2.24, 2.45) is 5.92 Å². The van der Waals surface area contributed by atoms with E-state index in [1.807, 2.05) is 6.92 Å². The number of carbonyl (C=O) groups is 2. The molecule has 0 unspecified atom stereocenters. The SMILES string of the molecule is CC1=CC(=O)O[C@H]2C[C@H]3O[C@H]4C[C@@H](C)[C@H]5O[C@H]6C[C@H]7O[C@@]8(C)C/C=C\[C@H]9O[C@H]%10C[C@H]%11O[C@H](CCC=O)C[C@H](O[Si](C)(C)C(C)(C)C)[C@]%11(C)O[C@@H]%10C[C@@H]9O[C@@H]8C[C@]7(C)O[C@]6(C)CC[C@@H]5O[C@@H]4C[C@]3(C)O[C@H]12. The minimum Gasteiger partial charge on any atom is -0.456 e. The summed E-state index contributed by atoms with van der Waals surface area (Å²) in [6.07, 6.45) is 12.6. The maximum absolute atomic E-state index is 12.3. The number of carbonyl (C=O) groups excluding carboxylic acids is 2. The molecule has 14 nitrogen and oxygen atoms in total. The Bertz CT molecular complexity index is 2080. The fourth-order valence-corrected chi connectivity index (χ4v) is 16.0. The van der Waals surface area contributed by atoms with Crippen LogP contribution in [0.1, 0.15) is 153 Å². The van der Waals surface area contributed by atoms with E-state index < -0.39 is 36.3 Å². The minimum atomic E-state index is -2.20. The van der Waals surface area contributed by atoms with Gasteiger partial charge in [0.1, 0.15) is 30.2 Å². The first kappa shape index (κ1) is 50.5. The van der Waals surface area contributed by atoms with Gasteiger partial charge in [0, 0.05) is 57.4 Å². The molecule has 0 aromatic heterocycles. The third-order valence-corrected chi connectivity index (χ3v) is 24.4. The van der Waals surface area contributed by atoms with E-state index in [1.165, 1.54) is 0 Å². The van der Waals surface area contributed by atoms with Gasteiger partial charge in [-0.2, -0.15) is 0 Å². The molecule has 9 saturated heterocycles. The van der Waals surface area contributed by atoms with Crippen molar-refractivity contribution in [3.05, 3.63) is 23.8 Å². The third-order valence-electron chi connectivity index (χ3n) is 19.9. The summed E-state index contributed by atoms with van der Waals surface area (Å²) in [5.74, 6) is -0.134. The molecule has 11 aliphatic heterocycles. The minimum absolute atomic E-state index is 0.0222. The Morgan fingerprint density at radius 1 is 0.714 bits per heavy atom. The van der Waals surface area contributed by atoms with Crippen molar-refractivity contribution in [1.82, 2.24) is 0 Å². The Morgan fingerprint density at radius 3 is 2.23 bits per heavy atom. The van der Waals surface area contributed by atoms with Gasteiger partial charge in [0.25, 0.3) is 0 Å². The average Bonchev–Trinajstić information content (AvgIpc) is 3.47. The van der Waals surface area contributed by atoms with Gasteiger partial charge in [-0.3, -0.25) is 0 Å². The van der Waals surface area contributed by atoms with Crippen molar-refractivity contribution in [1.29, 1.82) is 0 Å². The van der Waals surface area contributed by atoms with E-state index in [4.69, 9.17) is 56.5 Å². The zero-order valence-corrected chi connectivity index (χ0v) is 45.1. The molecule has 0 saturated carbocycles. The van der Waals surface area contributed by atoms with Crippen LogP contribution in [0.5, 0.6) is 0 Å². The zero-order chi connectivity index (χ0) is 49.6. The van der Waals surface area contributed by atoms with Crippen molar-refractivity contribution in [2.75, 3.05) is 0 Å². The van der Waals surface area contributed by atoms with Crippen LogP contribution in [0.4, 0.5) is 0 Å². The highest BCUT2D eigenvalue weighted by atomic mass is 28.4. The summed E-state index contributed by atoms with van der Waals surface area (Å²) in [5, 5.41) is 0.0222. The van der Waals surface area contributed by atoms with Gasteiger partial charge >= 0.3 is 5.97 Å². The lowest BCUT2D eigenvalue weighted by Crippen LogP contribution is -2.70. The fraction of sp³-hybridized carbons (Fsp3) is 0.891. The Balaban J connectivity index is 0.783. The highest BCUT2D eigenvalue weighted by Gasteiger charge is 2.65. The second kappa shape index (κ2) is 17.7. The van der Waals surface area contributed by atoms with Crippen LogP contribution in [0, 0.1) is 5.92 Å². The topological polar surface area (TPSA) is 145 Å². The normalized spacial score (nSPS) is 53.7. The standard InChI is InChI=1S/C55H84O14Si/c1-30-21-35-40(28-53(8)41(61-35)26-39-49(67-53)31(2)22-47(57)63-39)60-34-17-19-52(7)42(64-48(30)34)27-43-54(9,69-52)29-46-51(6,66-43)18-13-16-33-36(62-46)24-38-37(59-33)25-44-55(10,65-38)45(23-32(58-44)15-14-20-56)68-70(11,12)50(3,4)5/h13,16,20,22,30,32-46,48-49H,14-15,17-19,21,23-29H2,1-12H3/b16-13-/t30-,32-,33-,34+,35+,36+,37+,38-,39+,40-,41-,42+,43-,44-,45+,46-,48-,49-,51+,52-,53+,54+,55-/m1/s1. The molecule has 0 spiro atoms. The molecule has 23 atom stereocenters. The van der Waals surface area contributed by atoms with E-state index in [9.17, 15) is 9.59 Å². The highest BCUT2D eigenvalue weighted by Crippen LogP contribution is 2.55. The van der Waals surface area contributed by atoms with E-state index in [-0.39, 0.29) is 121 Å². The molecule has 11 rings (SSSR count). The van der Waals surface area contributed by atoms with Crippen LogP contribution in [-0.2, 0) is 66.1 Å². The van der Waals surface area contributed by atoms with Crippen molar-refractivity contribution < 1.29 is 66.1 Å². The number of hydrogen-bond donors (Lipinski definition) is 0. The number of ether oxygens (including phenoxy) is 11. The van der Waals surface area contributed by atoms with Gasteiger partial charge < -0.3 is 61.3 Å². The van der Waals surface area contributed by atoms with Crippen LogP contribution in [-0.4, -0.2) is 152 Å². The van der Waals surface area contributed by atoms with Crippen LogP contribution in [0.15, 0.2) is 23.8 Å². The second-order valence-corrected chi connectivity index (χ2v) is 31.1. The van der Waals surface area contributed by atoms with E-state index in [0.717, 1.165) is 31.1 Å². The molecule has 0 aromatic carbocycles. The molecule has 15 heteroatoms. The van der Waals surface area contributed by atoms with Crippen LogP contribution in [0.25, 0.3) is 0 Å². The van der Waals surface area contributed by atoms with Crippen LogP contribution in [0.3, 0.4) is 0 Å². The molecule has 392 valence electrons. The Kier molecular flexibility index (Phi) is 12.8. The molecule has 0 aromatic rings. The quantitative estimate of drug-likeness (QED) is 0.113. The van der Waals surface area contributed by atoms with E-state index >= 15 is 0 Å². The van der Waals surface area contributed by atoms with E-state index in [1.54, 1.807) is 6.08 Å². The average molecular weight is 997 g/mol. The van der Waals surface area contributed by atoms with Crippen molar-refractivity contribution in [3.63, 3.8) is 0 Å². The third kappa shape index (κ3) is 8.73. The Morgan fingerprint density at radius 2 is 1.46 bits per heavy atom. The van der Waals surface area contributed by atoms with Crippen molar-refractivity contribution >= 4 is 20.6 Å². The molecule has 0 bridgehead atoms. The van der Waals surface area contributed by atoms with Gasteiger partial charge in [0.2, 0.25) is 0 Å². The number of esters is 1. The summed E-state index contributed by atoms with van der Waals surface area (Å²) in [7, 11) is -2.20. The maximum atomic E-state index is 12.3. The number of hydrogen-bond acceptors (Lipinski definition) is 14. The predicted molar refractivity (Wildman–Crippen MR) is 260 cm³/mol. The fourth-order valence-electron chi connectivity index (χ4n) is 14.6. The van der Waals surface area contributed by atoms with Crippen LogP contribution >= 0.6 is 0 Å². The van der Waals surface area contributed by atoms with Crippen molar-refractivity contribution in [3.8, 4) is 0 Å². The molecule has 0 amide bonds. The highest BCUT2D eigenvalue weighted by molar-refractivity contribution is 6.74. The van der Waals surface area contributed by atoms with Crippen molar-refractivity contribution in [2.45, 2.75) is 303 Å². The molecule has 9 fully saturated rings. The molecule has 0 radical (unpaired) electrons. The molecular weight excluding hydrogens is 913 g/mol. The monoisotopic (exact) mass is 997 g/mol. The zero-order valence-electron chi connectivity index (χ0n) is 44.1. The summed E-state index contributed by atoms with van der Waals surface area (Å²) in [6.45, 7) is 26.7. The number of rotatable bonds is 5. The van der Waals surface area contributed by atoms with E-state index in [2.05, 4.69) is 87.6 Å². The molecular formula is C55H84O14Si. The van der Waals surface area contributed by atoms with Gasteiger partial charge in [-0.25, -0.2) is 4.79 Å². The lowest BCUT2D eigenvalue weighted by Gasteiger charge is -2.61. The largest absolute Gasteiger partial charge is 0.456 e. The first-order valence-corrected chi connectivity index (χ1v) is 30.1. The summed E-state index contributed by atoms with van der Waals surface area (Å²) in [6, 6.07) is 0. The smallest absolute Gasteiger partial charge is 0.331 e. The molecule has 11 heterocycles. The molecule has 0 N–H and O–H groups in total. The van der Waals surface area contributed by atoms with Crippen LogP contribution < -0.4 is 0 Å². The first-order chi connectivity index (χ1) is 32.9. The van der Waals surface area contributed by atoms with Gasteiger partial charge in [0.15, 0.2) is 8.32 Å². The predicted octanol–water partition coefficient (Wildman–Crippen LogP) is 8.34. The lowest BCUT2D eigenvalue weighted by atomic mass is 9.72. The number of aldehydes is 1. The van der Waals surface area contributed by atoms with Gasteiger partial charge in [0.05, 0.1) is 108 Å². The van der Waals surface area contributed by atoms with E-state index in [0.29, 0.717) is 64.2 Å². The molecule has 11 aliphatic rings. The summed E-state index contributed by atoms with van der Waals surface area (Å²) in [4.78, 5) is 23.8. The Labute approximate surface area is 417 Å². The summed E-state index contributed by atoms with van der Waals surface area (Å²) < 4.78 is 84.4. The summed E-state index contributed by atoms with van der Waals surface area (Å²) >= 11 is 0. The molecule has 0 aliphatic carbocycles. The lowest BCUT2D eigenvalue weighted by molar-refractivity contribution is -0.356. The van der Waals surface area contributed by atoms with Gasteiger partial charge in [-0.1, -0.05) is 39.8 Å². The summed E-state index contributed by atoms with van der Waals surface area (Å²) in [5.41, 5.74) is -2.14.